The summed E-state index contributed by atoms with van der Waals surface area (Å²) in [5, 5.41) is 9.60. The molecule has 4 aromatic rings. The van der Waals surface area contributed by atoms with Crippen molar-refractivity contribution in [2.75, 3.05) is 69.6 Å². The number of anilines is 2. The third-order valence-electron chi connectivity index (χ3n) is 9.22. The summed E-state index contributed by atoms with van der Waals surface area (Å²) >= 11 is 0. The minimum atomic E-state index is -0.177. The molecule has 0 aliphatic carbocycles. The van der Waals surface area contributed by atoms with Crippen molar-refractivity contribution in [1.29, 1.82) is 0 Å². The summed E-state index contributed by atoms with van der Waals surface area (Å²) in [6.07, 6.45) is 5.22. The molecular formula is C39H47N7O2. The topological polar surface area (TPSA) is 92.8 Å². The van der Waals surface area contributed by atoms with Crippen LogP contribution in [0.1, 0.15) is 51.1 Å². The van der Waals surface area contributed by atoms with Gasteiger partial charge in [-0.25, -0.2) is 0 Å². The van der Waals surface area contributed by atoms with Crippen LogP contribution in [0.2, 0.25) is 0 Å². The first-order chi connectivity index (χ1) is 23.5. The number of aromatic nitrogens is 1. The van der Waals surface area contributed by atoms with Gasteiger partial charge in [0.2, 0.25) is 0 Å². The number of hydrogen-bond donors (Lipinski definition) is 3. The maximum absolute atomic E-state index is 13.7. The monoisotopic (exact) mass is 645 g/mol. The van der Waals surface area contributed by atoms with Crippen molar-refractivity contribution in [2.24, 2.45) is 0 Å². The number of likely N-dealkylation sites (N-methyl/N-ethyl adjacent to an activating group) is 1. The van der Waals surface area contributed by atoms with E-state index in [1.807, 2.05) is 60.7 Å². The summed E-state index contributed by atoms with van der Waals surface area (Å²) in [6, 6.07) is 27.4. The van der Waals surface area contributed by atoms with E-state index in [4.69, 9.17) is 0 Å². The van der Waals surface area contributed by atoms with E-state index < -0.39 is 0 Å². The lowest BCUT2D eigenvalue weighted by molar-refractivity contribution is 0.0950. The van der Waals surface area contributed by atoms with Gasteiger partial charge in [-0.2, -0.15) is 0 Å². The normalized spacial score (nSPS) is 15.3. The Morgan fingerprint density at radius 2 is 1.58 bits per heavy atom. The number of piperazine rings is 1. The molecule has 0 saturated carbocycles. The number of rotatable bonds is 12. The number of carbonyl (C=O) groups is 2. The molecular weight excluding hydrogens is 598 g/mol. The summed E-state index contributed by atoms with van der Waals surface area (Å²) < 4.78 is 0. The highest BCUT2D eigenvalue weighted by molar-refractivity contribution is 6.06. The molecule has 9 nitrogen and oxygen atoms in total. The molecule has 2 saturated heterocycles. The number of pyridine rings is 1. The minimum absolute atomic E-state index is 0.171. The van der Waals surface area contributed by atoms with Crippen LogP contribution in [0.3, 0.4) is 0 Å². The van der Waals surface area contributed by atoms with E-state index in [9.17, 15) is 9.59 Å². The van der Waals surface area contributed by atoms with Crippen molar-refractivity contribution in [3.8, 4) is 11.3 Å². The molecule has 0 spiro atoms. The van der Waals surface area contributed by atoms with Gasteiger partial charge in [-0.1, -0.05) is 42.5 Å². The Morgan fingerprint density at radius 1 is 0.812 bits per heavy atom. The molecule has 9 heteroatoms. The first kappa shape index (κ1) is 33.3. The van der Waals surface area contributed by atoms with E-state index in [-0.39, 0.29) is 11.8 Å². The summed E-state index contributed by atoms with van der Waals surface area (Å²) in [7, 11) is 2.13. The third-order valence-corrected chi connectivity index (χ3v) is 9.22. The Labute approximate surface area is 284 Å². The maximum atomic E-state index is 13.7. The molecule has 3 N–H and O–H groups in total. The zero-order chi connectivity index (χ0) is 33.1. The fraction of sp³-hybridized carbons (Fsp3) is 0.359. The fourth-order valence-electron chi connectivity index (χ4n) is 6.44. The van der Waals surface area contributed by atoms with Crippen LogP contribution in [0.25, 0.3) is 11.3 Å². The van der Waals surface area contributed by atoms with Crippen molar-refractivity contribution in [1.82, 2.24) is 25.4 Å². The number of nitrogens with one attached hydrogen (secondary N) is 3. The smallest absolute Gasteiger partial charge is 0.255 e. The first-order valence-electron chi connectivity index (χ1n) is 17.2. The highest BCUT2D eigenvalue weighted by atomic mass is 16.2. The Morgan fingerprint density at radius 3 is 2.40 bits per heavy atom. The average Bonchev–Trinajstić information content (AvgIpc) is 3.14. The Kier molecular flexibility index (Phi) is 11.5. The lowest BCUT2D eigenvalue weighted by Gasteiger charge is -2.29. The molecule has 0 bridgehead atoms. The van der Waals surface area contributed by atoms with Gasteiger partial charge in [0, 0.05) is 94.0 Å². The van der Waals surface area contributed by atoms with E-state index in [2.05, 4.69) is 60.9 Å². The highest BCUT2D eigenvalue weighted by Gasteiger charge is 2.18. The van der Waals surface area contributed by atoms with Crippen molar-refractivity contribution in [2.45, 2.75) is 32.4 Å². The lowest BCUT2D eigenvalue weighted by Crippen LogP contribution is -2.45. The van der Waals surface area contributed by atoms with E-state index >= 15 is 0 Å². The molecule has 0 unspecified atom stereocenters. The predicted molar refractivity (Wildman–Crippen MR) is 193 cm³/mol. The second-order valence-corrected chi connectivity index (χ2v) is 12.9. The van der Waals surface area contributed by atoms with Crippen LogP contribution in [0.15, 0.2) is 91.1 Å². The Bertz CT molecular complexity index is 1670. The molecule has 2 amide bonds. The van der Waals surface area contributed by atoms with Gasteiger partial charge in [-0.3, -0.25) is 19.5 Å². The molecule has 3 heterocycles. The number of hydrogen-bond acceptors (Lipinski definition) is 7. The summed E-state index contributed by atoms with van der Waals surface area (Å²) in [4.78, 5) is 38.7. The molecule has 2 aliphatic rings. The number of benzene rings is 3. The van der Waals surface area contributed by atoms with Crippen LogP contribution >= 0.6 is 0 Å². The van der Waals surface area contributed by atoms with Crippen LogP contribution < -0.4 is 20.9 Å². The van der Waals surface area contributed by atoms with Gasteiger partial charge >= 0.3 is 0 Å². The van der Waals surface area contributed by atoms with Crippen LogP contribution in [0.5, 0.6) is 0 Å². The second-order valence-electron chi connectivity index (χ2n) is 12.9. The average molecular weight is 646 g/mol. The van der Waals surface area contributed by atoms with Crippen LogP contribution in [0, 0.1) is 0 Å². The maximum Gasteiger partial charge on any atom is 0.255 e. The van der Waals surface area contributed by atoms with Crippen LogP contribution in [-0.4, -0.2) is 86.0 Å². The molecule has 0 radical (unpaired) electrons. The molecule has 2 fully saturated rings. The molecule has 3 aromatic carbocycles. The Balaban J connectivity index is 1.19. The van der Waals surface area contributed by atoms with Gasteiger partial charge < -0.3 is 25.8 Å². The zero-order valence-electron chi connectivity index (χ0n) is 28.0. The number of nitrogens with zero attached hydrogens (tertiary/aromatic N) is 4. The molecule has 1 aromatic heterocycles. The van der Waals surface area contributed by atoms with E-state index in [0.717, 1.165) is 94.1 Å². The number of piperidine rings is 1. The molecule has 6 rings (SSSR count). The third kappa shape index (κ3) is 9.07. The molecule has 250 valence electrons. The lowest BCUT2D eigenvalue weighted by atomic mass is 10.0. The van der Waals surface area contributed by atoms with E-state index in [1.54, 1.807) is 12.3 Å². The standard InChI is InChI=1S/C39H47N7O2/c1-44(23-24-45-21-17-40-18-22-45)29-31-11-8-12-32(25-31)39(48)43-36-14-13-34(46-19-6-3-7-20-46)27-35(36)37-26-33(15-16-41-37)38(47)42-28-30-9-4-2-5-10-30/h2,4-5,8-16,25-27,40H,3,6-7,17-24,28-29H2,1H3,(H,42,47)(H,43,48). The molecule has 0 atom stereocenters. The van der Waals surface area contributed by atoms with Crippen LogP contribution in [-0.2, 0) is 13.1 Å². The molecule has 2 aliphatic heterocycles. The molecule has 48 heavy (non-hydrogen) atoms. The zero-order valence-corrected chi connectivity index (χ0v) is 28.0. The van der Waals surface area contributed by atoms with Gasteiger partial charge in [-0.05, 0) is 79.9 Å². The van der Waals surface area contributed by atoms with E-state index in [1.165, 1.54) is 6.42 Å². The predicted octanol–water partition coefficient (Wildman–Crippen LogP) is 5.26. The largest absolute Gasteiger partial charge is 0.372 e. The minimum Gasteiger partial charge on any atom is -0.372 e. The summed E-state index contributed by atoms with van der Waals surface area (Å²) in [5.41, 5.74) is 6.43. The highest BCUT2D eigenvalue weighted by Crippen LogP contribution is 2.33. The summed E-state index contributed by atoms with van der Waals surface area (Å²) in [6.45, 7) is 9.49. The van der Waals surface area contributed by atoms with Crippen LogP contribution in [0.4, 0.5) is 11.4 Å². The van der Waals surface area contributed by atoms with Crippen molar-refractivity contribution in [3.05, 3.63) is 113 Å². The van der Waals surface area contributed by atoms with Gasteiger partial charge in [0.1, 0.15) is 0 Å². The van der Waals surface area contributed by atoms with Gasteiger partial charge in [0.25, 0.3) is 11.8 Å². The fourth-order valence-corrected chi connectivity index (χ4v) is 6.44. The summed E-state index contributed by atoms with van der Waals surface area (Å²) in [5.74, 6) is -0.348. The van der Waals surface area contributed by atoms with Gasteiger partial charge in [-0.15, -0.1) is 0 Å². The van der Waals surface area contributed by atoms with Gasteiger partial charge in [0.05, 0.1) is 11.4 Å². The van der Waals surface area contributed by atoms with Gasteiger partial charge in [0.15, 0.2) is 0 Å². The SMILES string of the molecule is CN(CCN1CCNCC1)Cc1cccc(C(=O)Nc2ccc(N3CCCCC3)cc2-c2cc(C(=O)NCc3ccccc3)ccn2)c1. The van der Waals surface area contributed by atoms with Crippen molar-refractivity contribution in [3.63, 3.8) is 0 Å². The Hall–Kier alpha value is -4.57. The quantitative estimate of drug-likeness (QED) is 0.194. The number of carbonyl (C=O) groups excluding carboxylic acids is 2. The second kappa shape index (κ2) is 16.5. The van der Waals surface area contributed by atoms with E-state index in [0.29, 0.717) is 29.1 Å². The van der Waals surface area contributed by atoms with Crippen molar-refractivity contribution < 1.29 is 9.59 Å². The number of amides is 2. The first-order valence-corrected chi connectivity index (χ1v) is 17.2. The van der Waals surface area contributed by atoms with Crippen molar-refractivity contribution >= 4 is 23.2 Å².